The molecule has 0 spiro atoms. The van der Waals surface area contributed by atoms with Crippen molar-refractivity contribution in [1.82, 2.24) is 4.90 Å². The molecule has 3 N–H and O–H groups in total. The molecule has 0 aliphatic rings. The number of oxime groups is 1. The average Bonchev–Trinajstić information content (AvgIpc) is 2.21. The minimum absolute atomic E-state index is 0.233. The molecule has 0 fully saturated rings. The highest BCUT2D eigenvalue weighted by molar-refractivity contribution is 5.89. The maximum absolute atomic E-state index is 11.8. The number of carbonyl (C=O) groups excluding carboxylic acids is 1. The molecule has 8 heteroatoms. The van der Waals surface area contributed by atoms with E-state index in [4.69, 9.17) is 10.9 Å². The molecule has 0 radical (unpaired) electrons. The lowest BCUT2D eigenvalue weighted by molar-refractivity contribution is -0.148. The van der Waals surface area contributed by atoms with E-state index in [1.807, 2.05) is 0 Å². The Morgan fingerprint density at radius 3 is 2.44 bits per heavy atom. The van der Waals surface area contributed by atoms with Crippen LogP contribution in [0, 0.1) is 0 Å². The third kappa shape index (κ3) is 4.85. The summed E-state index contributed by atoms with van der Waals surface area (Å²) in [5.74, 6) is -0.945. The zero-order chi connectivity index (χ0) is 12.9. The van der Waals surface area contributed by atoms with Crippen molar-refractivity contribution < 1.29 is 23.2 Å². The Labute approximate surface area is 90.7 Å². The smallest absolute Gasteiger partial charge is 0.389 e. The summed E-state index contributed by atoms with van der Waals surface area (Å²) in [4.78, 5) is 12.3. The second-order valence-electron chi connectivity index (χ2n) is 3.32. The Kier molecular flexibility index (Phi) is 5.06. The molecule has 5 nitrogen and oxygen atoms in total. The molecule has 0 bridgehead atoms. The molecular weight excluding hydrogens is 227 g/mol. The van der Waals surface area contributed by atoms with Gasteiger partial charge in [0.25, 0.3) is 0 Å². The molecule has 0 rings (SSSR count). The quantitative estimate of drug-likeness (QED) is 0.332. The van der Waals surface area contributed by atoms with Gasteiger partial charge in [-0.15, -0.1) is 0 Å². The first-order valence-corrected chi connectivity index (χ1v) is 4.49. The molecule has 0 saturated carbocycles. The highest BCUT2D eigenvalue weighted by Gasteiger charge is 2.29. The first kappa shape index (κ1) is 14.5. The van der Waals surface area contributed by atoms with Gasteiger partial charge in [0.05, 0.1) is 12.5 Å². The summed E-state index contributed by atoms with van der Waals surface area (Å²) in [7, 11) is 1.29. The van der Waals surface area contributed by atoms with Crippen LogP contribution in [0.15, 0.2) is 5.16 Å². The van der Waals surface area contributed by atoms with Crippen molar-refractivity contribution in [1.29, 1.82) is 0 Å². The fraction of sp³-hybridized carbons (Fsp3) is 0.750. The first-order valence-electron chi connectivity index (χ1n) is 4.49. The number of nitrogens with two attached hydrogens (primary N) is 1. The van der Waals surface area contributed by atoms with Crippen LogP contribution >= 0.6 is 0 Å². The SMILES string of the molecule is CC(C(N)=NO)N(C)C(=O)CCC(F)(F)F. The monoisotopic (exact) mass is 241 g/mol. The number of amides is 1. The molecule has 0 aliphatic heterocycles. The summed E-state index contributed by atoms with van der Waals surface area (Å²) in [6, 6.07) is -0.745. The molecule has 0 aliphatic carbocycles. The van der Waals surface area contributed by atoms with Gasteiger partial charge in [-0.25, -0.2) is 0 Å². The van der Waals surface area contributed by atoms with Crippen LogP contribution in [-0.4, -0.2) is 41.1 Å². The van der Waals surface area contributed by atoms with Crippen LogP contribution in [0.4, 0.5) is 13.2 Å². The Hall–Kier alpha value is -1.47. The second-order valence-corrected chi connectivity index (χ2v) is 3.32. The van der Waals surface area contributed by atoms with Crippen molar-refractivity contribution in [3.63, 3.8) is 0 Å². The van der Waals surface area contributed by atoms with Crippen LogP contribution in [0.2, 0.25) is 0 Å². The maximum Gasteiger partial charge on any atom is 0.389 e. The van der Waals surface area contributed by atoms with Crippen LogP contribution in [0.5, 0.6) is 0 Å². The fourth-order valence-corrected chi connectivity index (χ4v) is 0.923. The number of carbonyl (C=O) groups is 1. The number of alkyl halides is 3. The Morgan fingerprint density at radius 2 is 2.06 bits per heavy atom. The minimum Gasteiger partial charge on any atom is -0.409 e. The van der Waals surface area contributed by atoms with Crippen LogP contribution in [0.3, 0.4) is 0 Å². The second kappa shape index (κ2) is 5.57. The van der Waals surface area contributed by atoms with Gasteiger partial charge in [-0.1, -0.05) is 5.16 Å². The number of rotatable bonds is 4. The lowest BCUT2D eigenvalue weighted by Crippen LogP contribution is -2.44. The van der Waals surface area contributed by atoms with E-state index in [1.54, 1.807) is 0 Å². The van der Waals surface area contributed by atoms with E-state index in [2.05, 4.69) is 5.16 Å². The average molecular weight is 241 g/mol. The summed E-state index contributed by atoms with van der Waals surface area (Å²) >= 11 is 0. The van der Waals surface area contributed by atoms with E-state index < -0.39 is 31.0 Å². The van der Waals surface area contributed by atoms with Crippen LogP contribution in [-0.2, 0) is 4.79 Å². The van der Waals surface area contributed by atoms with Crippen molar-refractivity contribution in [2.24, 2.45) is 10.9 Å². The fourth-order valence-electron chi connectivity index (χ4n) is 0.923. The van der Waals surface area contributed by atoms with Crippen molar-refractivity contribution in [2.45, 2.75) is 32.0 Å². The number of nitrogens with zero attached hydrogens (tertiary/aromatic N) is 2. The lowest BCUT2D eigenvalue weighted by Gasteiger charge is -2.23. The van der Waals surface area contributed by atoms with Gasteiger partial charge in [-0.3, -0.25) is 4.79 Å². The van der Waals surface area contributed by atoms with Crippen molar-refractivity contribution in [3.8, 4) is 0 Å². The summed E-state index contributed by atoms with van der Waals surface area (Å²) in [5.41, 5.74) is 5.22. The highest BCUT2D eigenvalue weighted by atomic mass is 19.4. The molecule has 1 atom stereocenters. The van der Waals surface area contributed by atoms with E-state index in [-0.39, 0.29) is 5.84 Å². The largest absolute Gasteiger partial charge is 0.409 e. The summed E-state index contributed by atoms with van der Waals surface area (Å²) in [5, 5.41) is 11.0. The van der Waals surface area contributed by atoms with Gasteiger partial charge in [-0.2, -0.15) is 13.2 Å². The standard InChI is InChI=1S/C8H14F3N3O2/c1-5(7(12)13-16)14(2)6(15)3-4-8(9,10)11/h5,16H,3-4H2,1-2H3,(H2,12,13). The van der Waals surface area contributed by atoms with Crippen molar-refractivity contribution in [3.05, 3.63) is 0 Å². The minimum atomic E-state index is -4.36. The zero-order valence-electron chi connectivity index (χ0n) is 8.95. The molecule has 0 aromatic carbocycles. The molecule has 0 aromatic rings. The highest BCUT2D eigenvalue weighted by Crippen LogP contribution is 2.21. The van der Waals surface area contributed by atoms with E-state index in [0.717, 1.165) is 4.90 Å². The Morgan fingerprint density at radius 1 is 1.56 bits per heavy atom. The maximum atomic E-state index is 11.8. The van der Waals surface area contributed by atoms with E-state index in [1.165, 1.54) is 14.0 Å². The molecule has 0 aromatic heterocycles. The van der Waals surface area contributed by atoms with Gasteiger partial charge < -0.3 is 15.8 Å². The third-order valence-electron chi connectivity index (χ3n) is 2.14. The summed E-state index contributed by atoms with van der Waals surface area (Å²) in [6.45, 7) is 1.44. The zero-order valence-corrected chi connectivity index (χ0v) is 8.95. The van der Waals surface area contributed by atoms with Gasteiger partial charge in [0, 0.05) is 13.5 Å². The number of hydrogen-bond acceptors (Lipinski definition) is 3. The van der Waals surface area contributed by atoms with Crippen LogP contribution in [0.25, 0.3) is 0 Å². The third-order valence-corrected chi connectivity index (χ3v) is 2.14. The Balaban J connectivity index is 4.29. The predicted molar refractivity (Wildman–Crippen MR) is 50.9 cm³/mol. The van der Waals surface area contributed by atoms with Gasteiger partial charge >= 0.3 is 6.18 Å². The lowest BCUT2D eigenvalue weighted by atomic mass is 10.2. The Bertz CT molecular complexity index is 278. The number of likely N-dealkylation sites (N-methyl/N-ethyl adjacent to an activating group) is 1. The predicted octanol–water partition coefficient (Wildman–Crippen LogP) is 0.922. The molecule has 1 unspecified atom stereocenters. The molecule has 0 heterocycles. The van der Waals surface area contributed by atoms with E-state index >= 15 is 0 Å². The topological polar surface area (TPSA) is 78.9 Å². The van der Waals surface area contributed by atoms with Crippen LogP contribution < -0.4 is 5.73 Å². The van der Waals surface area contributed by atoms with Gasteiger partial charge in [0.15, 0.2) is 5.84 Å². The van der Waals surface area contributed by atoms with Gasteiger partial charge in [0.2, 0.25) is 5.91 Å². The van der Waals surface area contributed by atoms with Crippen molar-refractivity contribution in [2.75, 3.05) is 7.05 Å². The first-order chi connectivity index (χ1) is 7.19. The normalized spacial score (nSPS) is 14.7. The number of amidine groups is 1. The van der Waals surface area contributed by atoms with Crippen LogP contribution in [0.1, 0.15) is 19.8 Å². The van der Waals surface area contributed by atoms with Gasteiger partial charge in [-0.05, 0) is 6.92 Å². The molecular formula is C8H14F3N3O2. The number of hydrogen-bond donors (Lipinski definition) is 2. The molecule has 0 saturated heterocycles. The van der Waals surface area contributed by atoms with E-state index in [0.29, 0.717) is 0 Å². The molecule has 94 valence electrons. The van der Waals surface area contributed by atoms with Crippen molar-refractivity contribution >= 4 is 11.7 Å². The molecule has 16 heavy (non-hydrogen) atoms. The summed E-state index contributed by atoms with van der Waals surface area (Å²) in [6.07, 6.45) is -6.20. The van der Waals surface area contributed by atoms with Gasteiger partial charge in [0.1, 0.15) is 0 Å². The molecule has 1 amide bonds. The van der Waals surface area contributed by atoms with E-state index in [9.17, 15) is 18.0 Å². The summed E-state index contributed by atoms with van der Waals surface area (Å²) < 4.78 is 35.5. The number of halogens is 3.